The molecule has 0 spiro atoms. The molecule has 1 unspecified atom stereocenters. The summed E-state index contributed by atoms with van der Waals surface area (Å²) in [4.78, 5) is 2.37. The quantitative estimate of drug-likeness (QED) is 0.373. The van der Waals surface area contributed by atoms with Gasteiger partial charge in [-0.25, -0.2) is 0 Å². The third-order valence-electron chi connectivity index (χ3n) is 2.95. The van der Waals surface area contributed by atoms with Crippen molar-refractivity contribution >= 4 is 21.1 Å². The summed E-state index contributed by atoms with van der Waals surface area (Å²) in [5.74, 6) is 0. The van der Waals surface area contributed by atoms with Gasteiger partial charge in [0.25, 0.3) is 0 Å². The maximum atomic E-state index is 6.54. The Morgan fingerprint density at radius 2 is 1.71 bits per heavy atom. The largest absolute Gasteiger partial charge is 0.288 e. The van der Waals surface area contributed by atoms with Crippen LogP contribution in [0.4, 0.5) is 0 Å². The van der Waals surface area contributed by atoms with Crippen molar-refractivity contribution in [1.82, 2.24) is 4.90 Å². The summed E-state index contributed by atoms with van der Waals surface area (Å²) < 4.78 is 0. The van der Waals surface area contributed by atoms with Crippen LogP contribution in [0.25, 0.3) is 0 Å². The summed E-state index contributed by atoms with van der Waals surface area (Å²) in [5, 5.41) is 0.365. The summed E-state index contributed by atoms with van der Waals surface area (Å²) in [6.07, 6.45) is 1.32. The third-order valence-corrected chi connectivity index (χ3v) is 6.81. The second-order valence-corrected chi connectivity index (χ2v) is 8.09. The molecule has 0 bridgehead atoms. The molecule has 0 saturated heterocycles. The highest BCUT2D eigenvalue weighted by Gasteiger charge is 2.30. The van der Waals surface area contributed by atoms with E-state index >= 15 is 0 Å². The number of nitrogens with zero attached hydrogens (tertiary/aromatic N) is 1. The summed E-state index contributed by atoms with van der Waals surface area (Å²) in [6, 6.07) is 1.41. The third kappa shape index (κ3) is 4.33. The Labute approximate surface area is 97.0 Å². The van der Waals surface area contributed by atoms with Crippen molar-refractivity contribution in [2.45, 2.75) is 57.6 Å². The molecule has 3 heteroatoms. The van der Waals surface area contributed by atoms with Crippen LogP contribution < -0.4 is 0 Å². The predicted octanol–water partition coefficient (Wildman–Crippen LogP) is 3.09. The minimum absolute atomic E-state index is 0.0433. The van der Waals surface area contributed by atoms with Crippen LogP contribution in [0.1, 0.15) is 41.0 Å². The topological polar surface area (TPSA) is 3.24 Å². The van der Waals surface area contributed by atoms with Crippen LogP contribution in [-0.2, 0) is 0 Å². The van der Waals surface area contributed by atoms with Gasteiger partial charge in [0.2, 0.25) is 0 Å². The predicted molar refractivity (Wildman–Crippen MR) is 70.2 cm³/mol. The van der Waals surface area contributed by atoms with Gasteiger partial charge in [0.15, 0.2) is 0 Å². The zero-order valence-electron chi connectivity index (χ0n) is 10.4. The van der Waals surface area contributed by atoms with E-state index < -0.39 is 0 Å². The van der Waals surface area contributed by atoms with E-state index in [0.717, 1.165) is 13.1 Å². The Morgan fingerprint density at radius 3 is 2.07 bits per heavy atom. The van der Waals surface area contributed by atoms with Gasteiger partial charge >= 0.3 is 0 Å². The van der Waals surface area contributed by atoms with Gasteiger partial charge in [0, 0.05) is 9.52 Å². The summed E-state index contributed by atoms with van der Waals surface area (Å²) >= 11 is 6.54. The highest BCUT2D eigenvalue weighted by Crippen LogP contribution is 2.35. The van der Waals surface area contributed by atoms with E-state index in [2.05, 4.69) is 39.5 Å². The van der Waals surface area contributed by atoms with E-state index in [1.54, 1.807) is 0 Å². The molecule has 86 valence electrons. The van der Waals surface area contributed by atoms with Gasteiger partial charge < -0.3 is 0 Å². The van der Waals surface area contributed by atoms with Crippen LogP contribution in [-0.4, -0.2) is 33.0 Å². The van der Waals surface area contributed by atoms with Gasteiger partial charge in [-0.05, 0) is 18.1 Å². The number of alkyl halides is 1. The van der Waals surface area contributed by atoms with E-state index in [0.29, 0.717) is 5.04 Å². The molecule has 1 nitrogen and oxygen atoms in total. The molecule has 0 fully saturated rings. The average Bonchev–Trinajstić information content (AvgIpc) is 2.16. The lowest BCUT2D eigenvalue weighted by molar-refractivity contribution is 0.242. The fourth-order valence-electron chi connectivity index (χ4n) is 1.79. The minimum atomic E-state index is -0.0433. The van der Waals surface area contributed by atoms with E-state index in [9.17, 15) is 0 Å². The molecular formula is C11H26ClNSi. The van der Waals surface area contributed by atoms with Gasteiger partial charge in [0.1, 0.15) is 0 Å². The van der Waals surface area contributed by atoms with Gasteiger partial charge in [-0.1, -0.05) is 47.1 Å². The second kappa shape index (κ2) is 6.86. The molecule has 0 aromatic carbocycles. The standard InChI is InChI=1S/C11H26ClNSi/c1-6-9-14-11(4,5)10(12)13(7-2)8-3/h10H,6-9,14H2,1-5H3. The Morgan fingerprint density at radius 1 is 1.21 bits per heavy atom. The molecule has 0 aliphatic carbocycles. The van der Waals surface area contributed by atoms with Crippen molar-refractivity contribution in [3.05, 3.63) is 0 Å². The molecule has 0 rings (SSSR count). The van der Waals surface area contributed by atoms with Crippen molar-refractivity contribution in [1.29, 1.82) is 0 Å². The Balaban J connectivity index is 4.23. The molecule has 0 aliphatic heterocycles. The number of hydrogen-bond donors (Lipinski definition) is 0. The molecule has 0 heterocycles. The zero-order valence-corrected chi connectivity index (χ0v) is 12.6. The molecular weight excluding hydrogens is 210 g/mol. The van der Waals surface area contributed by atoms with Crippen molar-refractivity contribution in [3.63, 3.8) is 0 Å². The Bertz CT molecular complexity index is 146. The SMILES string of the molecule is CCC[SiH2]C(C)(C)C(Cl)N(CC)CC. The highest BCUT2D eigenvalue weighted by molar-refractivity contribution is 6.43. The van der Waals surface area contributed by atoms with Crippen LogP contribution in [0.5, 0.6) is 0 Å². The second-order valence-electron chi connectivity index (χ2n) is 4.65. The van der Waals surface area contributed by atoms with Crippen molar-refractivity contribution in [3.8, 4) is 0 Å². The van der Waals surface area contributed by atoms with Crippen LogP contribution >= 0.6 is 11.6 Å². The van der Waals surface area contributed by atoms with E-state index in [4.69, 9.17) is 11.6 Å². The van der Waals surface area contributed by atoms with Gasteiger partial charge in [0.05, 0.1) is 5.50 Å². The van der Waals surface area contributed by atoms with Crippen LogP contribution in [0, 0.1) is 0 Å². The average molecular weight is 236 g/mol. The van der Waals surface area contributed by atoms with E-state index in [1.165, 1.54) is 12.5 Å². The van der Waals surface area contributed by atoms with Crippen molar-refractivity contribution < 1.29 is 0 Å². The first-order chi connectivity index (χ1) is 6.49. The summed E-state index contributed by atoms with van der Waals surface area (Å²) in [5.41, 5.74) is 0.232. The lowest BCUT2D eigenvalue weighted by Crippen LogP contribution is -2.40. The van der Waals surface area contributed by atoms with Crippen LogP contribution in [0.2, 0.25) is 11.1 Å². The summed E-state index contributed by atoms with van der Waals surface area (Å²) in [6.45, 7) is 13.5. The molecule has 0 radical (unpaired) electrons. The fourth-order valence-corrected chi connectivity index (χ4v) is 4.15. The fraction of sp³-hybridized carbons (Fsp3) is 1.00. The summed E-state index contributed by atoms with van der Waals surface area (Å²) in [7, 11) is -0.0433. The molecule has 0 aromatic heterocycles. The number of rotatable bonds is 7. The van der Waals surface area contributed by atoms with Gasteiger partial charge in [-0.3, -0.25) is 4.90 Å². The minimum Gasteiger partial charge on any atom is -0.288 e. The highest BCUT2D eigenvalue weighted by atomic mass is 35.5. The molecule has 0 aliphatic rings. The van der Waals surface area contributed by atoms with Gasteiger partial charge in [-0.2, -0.15) is 0 Å². The molecule has 0 N–H and O–H groups in total. The molecule has 0 amide bonds. The van der Waals surface area contributed by atoms with Crippen molar-refractivity contribution in [2.24, 2.45) is 0 Å². The molecule has 1 atom stereocenters. The van der Waals surface area contributed by atoms with E-state index in [1.807, 2.05) is 0 Å². The maximum absolute atomic E-state index is 6.54. The lowest BCUT2D eigenvalue weighted by Gasteiger charge is -2.37. The first kappa shape index (κ1) is 14.5. The normalized spacial score (nSPS) is 15.6. The van der Waals surface area contributed by atoms with Crippen LogP contribution in [0.15, 0.2) is 0 Å². The number of hydrogen-bond acceptors (Lipinski definition) is 1. The first-order valence-electron chi connectivity index (χ1n) is 5.87. The van der Waals surface area contributed by atoms with Crippen LogP contribution in [0.3, 0.4) is 0 Å². The number of halogens is 1. The zero-order chi connectivity index (χ0) is 11.2. The molecule has 0 saturated carbocycles. The monoisotopic (exact) mass is 235 g/mol. The molecule has 14 heavy (non-hydrogen) atoms. The maximum Gasteiger partial charge on any atom is 0.0871 e. The van der Waals surface area contributed by atoms with E-state index in [-0.39, 0.29) is 15.0 Å². The Hall–Kier alpha value is 0.467. The molecule has 0 aromatic rings. The van der Waals surface area contributed by atoms with Crippen molar-refractivity contribution in [2.75, 3.05) is 13.1 Å². The Kier molecular flexibility index (Phi) is 7.09. The smallest absolute Gasteiger partial charge is 0.0871 e. The van der Waals surface area contributed by atoms with Gasteiger partial charge in [-0.15, -0.1) is 11.6 Å². The first-order valence-corrected chi connectivity index (χ1v) is 8.02. The lowest BCUT2D eigenvalue weighted by atomic mass is 10.2.